The van der Waals surface area contributed by atoms with Gasteiger partial charge in [-0.3, -0.25) is 9.69 Å². The summed E-state index contributed by atoms with van der Waals surface area (Å²) in [4.78, 5) is 14.8. The molecular weight excluding hydrogens is 334 g/mol. The highest BCUT2D eigenvalue weighted by atomic mass is 32.2. The number of carbonyl (C=O) groups is 1. The van der Waals surface area contributed by atoms with E-state index in [0.717, 1.165) is 43.2 Å². The fraction of sp³-hybridized carbons (Fsp3) is 0.650. The van der Waals surface area contributed by atoms with Gasteiger partial charge in [0, 0.05) is 31.2 Å². The number of thioether (sulfide) groups is 1. The van der Waals surface area contributed by atoms with E-state index >= 15 is 0 Å². The van der Waals surface area contributed by atoms with Gasteiger partial charge in [0.2, 0.25) is 0 Å². The highest BCUT2D eigenvalue weighted by molar-refractivity contribution is 8.00. The van der Waals surface area contributed by atoms with Crippen LogP contribution in [-0.4, -0.2) is 48.6 Å². The van der Waals surface area contributed by atoms with Crippen molar-refractivity contribution in [3.63, 3.8) is 0 Å². The summed E-state index contributed by atoms with van der Waals surface area (Å²) in [5.74, 6) is 3.46. The lowest BCUT2D eigenvalue weighted by Gasteiger charge is -2.25. The Hall–Kier alpha value is -1.20. The molecule has 0 amide bonds. The maximum atomic E-state index is 12.4. The smallest absolute Gasteiger partial charge is 0.161 e. The first-order valence-electron chi connectivity index (χ1n) is 9.42. The molecule has 3 rings (SSSR count). The molecule has 1 aromatic rings. The molecule has 1 aliphatic heterocycles. The molecular formula is C20H29NO3S. The van der Waals surface area contributed by atoms with Gasteiger partial charge in [-0.15, -0.1) is 11.8 Å². The van der Waals surface area contributed by atoms with Crippen molar-refractivity contribution >= 4 is 17.5 Å². The fourth-order valence-electron chi connectivity index (χ4n) is 3.75. The molecule has 0 unspecified atom stereocenters. The number of para-hydroxylation sites is 2. The fourth-order valence-corrected chi connectivity index (χ4v) is 4.94. The van der Waals surface area contributed by atoms with Crippen molar-refractivity contribution in [3.8, 4) is 11.5 Å². The Morgan fingerprint density at radius 3 is 2.72 bits per heavy atom. The number of hydrogen-bond acceptors (Lipinski definition) is 5. The number of rotatable bonds is 8. The first-order chi connectivity index (χ1) is 12.3. The predicted molar refractivity (Wildman–Crippen MR) is 103 cm³/mol. The van der Waals surface area contributed by atoms with E-state index in [0.29, 0.717) is 30.1 Å². The highest BCUT2D eigenvalue weighted by Gasteiger charge is 2.28. The summed E-state index contributed by atoms with van der Waals surface area (Å²) in [6.07, 6.45) is 6.66. The monoisotopic (exact) mass is 363 g/mol. The zero-order chi connectivity index (χ0) is 17.5. The van der Waals surface area contributed by atoms with Gasteiger partial charge >= 0.3 is 0 Å². The standard InChI is InChI=1S/C20H29NO3S/c1-23-18-9-5-6-10-19(18)24-15-20-21(13-14-25-20)12-11-17(22)16-7-3-2-4-8-16/h5-6,9-10,16,20H,2-4,7-8,11-15H2,1H3/t20-/m1/s1. The summed E-state index contributed by atoms with van der Waals surface area (Å²) in [7, 11) is 1.66. The molecule has 1 atom stereocenters. The van der Waals surface area contributed by atoms with Crippen LogP contribution < -0.4 is 9.47 Å². The zero-order valence-electron chi connectivity index (χ0n) is 15.1. The minimum absolute atomic E-state index is 0.323. The second kappa shape index (κ2) is 9.48. The molecule has 138 valence electrons. The Balaban J connectivity index is 1.46. The Morgan fingerprint density at radius 2 is 1.96 bits per heavy atom. The van der Waals surface area contributed by atoms with Crippen molar-refractivity contribution in [2.75, 3.05) is 32.6 Å². The highest BCUT2D eigenvalue weighted by Crippen LogP contribution is 2.30. The van der Waals surface area contributed by atoms with Crippen molar-refractivity contribution in [1.82, 2.24) is 4.90 Å². The van der Waals surface area contributed by atoms with Crippen LogP contribution in [0.3, 0.4) is 0 Å². The van der Waals surface area contributed by atoms with Crippen LogP contribution in [0.25, 0.3) is 0 Å². The van der Waals surface area contributed by atoms with Crippen molar-refractivity contribution in [1.29, 1.82) is 0 Å². The molecule has 1 heterocycles. The molecule has 0 bridgehead atoms. The largest absolute Gasteiger partial charge is 0.493 e. The number of carbonyl (C=O) groups excluding carboxylic acids is 1. The lowest BCUT2D eigenvalue weighted by Crippen LogP contribution is -2.35. The third kappa shape index (κ3) is 5.14. The number of methoxy groups -OCH3 is 1. The van der Waals surface area contributed by atoms with Gasteiger partial charge in [0.15, 0.2) is 11.5 Å². The van der Waals surface area contributed by atoms with Crippen LogP contribution in [0.15, 0.2) is 24.3 Å². The lowest BCUT2D eigenvalue weighted by atomic mass is 9.85. The first-order valence-corrected chi connectivity index (χ1v) is 10.5. The van der Waals surface area contributed by atoms with Crippen LogP contribution in [-0.2, 0) is 4.79 Å². The van der Waals surface area contributed by atoms with E-state index in [4.69, 9.17) is 9.47 Å². The summed E-state index contributed by atoms with van der Waals surface area (Å²) in [6, 6.07) is 7.76. The van der Waals surface area contributed by atoms with Gasteiger partial charge in [0.25, 0.3) is 0 Å². The molecule has 0 spiro atoms. The summed E-state index contributed by atoms with van der Waals surface area (Å²) in [5.41, 5.74) is 0. The Morgan fingerprint density at radius 1 is 1.20 bits per heavy atom. The average molecular weight is 364 g/mol. The van der Waals surface area contributed by atoms with Crippen LogP contribution in [0.2, 0.25) is 0 Å². The van der Waals surface area contributed by atoms with Gasteiger partial charge in [0.1, 0.15) is 12.4 Å². The molecule has 0 N–H and O–H groups in total. The molecule has 2 aliphatic rings. The SMILES string of the molecule is COc1ccccc1OC[C@H]1SCCN1CCC(=O)C1CCCCC1. The number of hydrogen-bond donors (Lipinski definition) is 0. The molecule has 2 fully saturated rings. The Kier molecular flexibility index (Phi) is 7.05. The summed E-state index contributed by atoms with van der Waals surface area (Å²) >= 11 is 1.92. The molecule has 5 heteroatoms. The predicted octanol–water partition coefficient (Wildman–Crippen LogP) is 3.99. The summed E-state index contributed by atoms with van der Waals surface area (Å²) < 4.78 is 11.3. The van der Waals surface area contributed by atoms with Gasteiger partial charge in [-0.2, -0.15) is 0 Å². The molecule has 4 nitrogen and oxygen atoms in total. The maximum absolute atomic E-state index is 12.4. The Labute approximate surface area is 155 Å². The summed E-state index contributed by atoms with van der Waals surface area (Å²) in [6.45, 7) is 2.54. The van der Waals surface area contributed by atoms with E-state index in [9.17, 15) is 4.79 Å². The normalized spacial score (nSPS) is 22.0. The van der Waals surface area contributed by atoms with Crippen molar-refractivity contribution in [2.45, 2.75) is 43.9 Å². The first kappa shape index (κ1) is 18.6. The quantitative estimate of drug-likeness (QED) is 0.698. The second-order valence-electron chi connectivity index (χ2n) is 6.87. The van der Waals surface area contributed by atoms with Crippen molar-refractivity contribution < 1.29 is 14.3 Å². The van der Waals surface area contributed by atoms with E-state index in [1.165, 1.54) is 19.3 Å². The molecule has 0 radical (unpaired) electrons. The van der Waals surface area contributed by atoms with Crippen LogP contribution in [0.1, 0.15) is 38.5 Å². The van der Waals surface area contributed by atoms with Gasteiger partial charge in [-0.05, 0) is 25.0 Å². The van der Waals surface area contributed by atoms with E-state index < -0.39 is 0 Å². The molecule has 0 aromatic heterocycles. The zero-order valence-corrected chi connectivity index (χ0v) is 15.9. The van der Waals surface area contributed by atoms with Gasteiger partial charge in [-0.1, -0.05) is 31.4 Å². The molecule has 1 aliphatic carbocycles. The number of ether oxygens (including phenoxy) is 2. The van der Waals surface area contributed by atoms with E-state index in [-0.39, 0.29) is 0 Å². The van der Waals surface area contributed by atoms with Crippen LogP contribution in [0, 0.1) is 5.92 Å². The maximum Gasteiger partial charge on any atom is 0.161 e. The van der Waals surface area contributed by atoms with E-state index in [2.05, 4.69) is 4.90 Å². The van der Waals surface area contributed by atoms with Crippen LogP contribution in [0.5, 0.6) is 11.5 Å². The van der Waals surface area contributed by atoms with E-state index in [1.807, 2.05) is 36.0 Å². The van der Waals surface area contributed by atoms with Gasteiger partial charge < -0.3 is 9.47 Å². The minimum Gasteiger partial charge on any atom is -0.493 e. The average Bonchev–Trinajstić information content (AvgIpc) is 3.12. The van der Waals surface area contributed by atoms with Gasteiger partial charge in [-0.25, -0.2) is 0 Å². The minimum atomic E-state index is 0.323. The molecule has 1 saturated heterocycles. The number of benzene rings is 1. The second-order valence-corrected chi connectivity index (χ2v) is 8.16. The number of Topliss-reactive ketones (excluding diaryl/α,β-unsaturated/α-hetero) is 1. The summed E-state index contributed by atoms with van der Waals surface area (Å²) in [5, 5.41) is 0.323. The third-order valence-electron chi connectivity index (χ3n) is 5.25. The molecule has 1 saturated carbocycles. The lowest BCUT2D eigenvalue weighted by molar-refractivity contribution is -0.124. The van der Waals surface area contributed by atoms with Crippen LogP contribution >= 0.6 is 11.8 Å². The number of ketones is 1. The van der Waals surface area contributed by atoms with Crippen molar-refractivity contribution in [2.24, 2.45) is 5.92 Å². The number of nitrogens with zero attached hydrogens (tertiary/aromatic N) is 1. The molecule has 1 aromatic carbocycles. The topological polar surface area (TPSA) is 38.8 Å². The van der Waals surface area contributed by atoms with Crippen LogP contribution in [0.4, 0.5) is 0 Å². The Bertz CT molecular complexity index is 560. The van der Waals surface area contributed by atoms with E-state index in [1.54, 1.807) is 7.11 Å². The third-order valence-corrected chi connectivity index (χ3v) is 6.49. The van der Waals surface area contributed by atoms with Gasteiger partial charge in [0.05, 0.1) is 12.5 Å². The van der Waals surface area contributed by atoms with Crippen molar-refractivity contribution in [3.05, 3.63) is 24.3 Å². The molecule has 25 heavy (non-hydrogen) atoms.